The highest BCUT2D eigenvalue weighted by Crippen LogP contribution is 2.40. The second-order valence-electron chi connectivity index (χ2n) is 5.03. The second kappa shape index (κ2) is 3.54. The molecule has 1 amide bonds. The van der Waals surface area contributed by atoms with Crippen LogP contribution in [0.3, 0.4) is 0 Å². The third-order valence-electron chi connectivity index (χ3n) is 3.73. The van der Waals surface area contributed by atoms with Crippen LogP contribution in [0.15, 0.2) is 0 Å². The Morgan fingerprint density at radius 3 is 2.50 bits per heavy atom. The first-order valence-corrected chi connectivity index (χ1v) is 5.56. The van der Waals surface area contributed by atoms with Crippen LogP contribution in [0, 0.1) is 11.3 Å². The van der Waals surface area contributed by atoms with Crippen molar-refractivity contribution >= 4 is 5.91 Å². The number of likely N-dealkylation sites (tertiary alicyclic amines) is 1. The van der Waals surface area contributed by atoms with E-state index in [0.717, 1.165) is 25.9 Å². The predicted molar refractivity (Wildman–Crippen MR) is 53.7 cm³/mol. The van der Waals surface area contributed by atoms with E-state index >= 15 is 0 Å². The second-order valence-corrected chi connectivity index (χ2v) is 5.03. The van der Waals surface area contributed by atoms with Gasteiger partial charge in [0.15, 0.2) is 0 Å². The van der Waals surface area contributed by atoms with Gasteiger partial charge >= 0.3 is 0 Å². The Hall–Kier alpha value is -0.570. The molecule has 0 radical (unpaired) electrons. The molecule has 2 rings (SSSR count). The van der Waals surface area contributed by atoms with E-state index in [1.807, 2.05) is 4.90 Å². The lowest BCUT2D eigenvalue weighted by Crippen LogP contribution is -2.55. The Labute approximate surface area is 85.1 Å². The number of rotatable bonds is 2. The summed E-state index contributed by atoms with van der Waals surface area (Å²) in [7, 11) is 0. The van der Waals surface area contributed by atoms with Gasteiger partial charge < -0.3 is 10.0 Å². The maximum Gasteiger partial charge on any atom is 0.228 e. The van der Waals surface area contributed by atoms with Gasteiger partial charge in [-0.15, -0.1) is 0 Å². The van der Waals surface area contributed by atoms with Gasteiger partial charge in [0.1, 0.15) is 0 Å². The number of aliphatic hydroxyl groups is 1. The molecule has 1 aliphatic carbocycles. The first kappa shape index (κ1) is 9.97. The van der Waals surface area contributed by atoms with E-state index in [1.54, 1.807) is 0 Å². The van der Waals surface area contributed by atoms with E-state index in [0.29, 0.717) is 11.8 Å². The monoisotopic (exact) mass is 197 g/mol. The van der Waals surface area contributed by atoms with Gasteiger partial charge in [0.25, 0.3) is 0 Å². The molecule has 0 atom stereocenters. The van der Waals surface area contributed by atoms with Gasteiger partial charge in [-0.25, -0.2) is 0 Å². The molecule has 0 bridgehead atoms. The molecular weight excluding hydrogens is 178 g/mol. The average molecular weight is 197 g/mol. The van der Waals surface area contributed by atoms with E-state index in [2.05, 4.69) is 6.92 Å². The van der Waals surface area contributed by atoms with Gasteiger partial charge in [0.05, 0.1) is 0 Å². The average Bonchev–Trinajstić information content (AvgIpc) is 2.51. The van der Waals surface area contributed by atoms with Crippen LogP contribution in [0.5, 0.6) is 0 Å². The SMILES string of the molecule is CC1(C(=O)N2CC(CO)C2)CCCC1. The molecule has 0 spiro atoms. The van der Waals surface area contributed by atoms with Gasteiger partial charge in [-0.05, 0) is 12.8 Å². The number of hydrogen-bond donors (Lipinski definition) is 1. The van der Waals surface area contributed by atoms with Crippen molar-refractivity contribution < 1.29 is 9.90 Å². The Morgan fingerprint density at radius 2 is 2.00 bits per heavy atom. The number of nitrogens with zero attached hydrogens (tertiary/aromatic N) is 1. The highest BCUT2D eigenvalue weighted by Gasteiger charge is 2.42. The van der Waals surface area contributed by atoms with Gasteiger partial charge in [0.2, 0.25) is 5.91 Å². The van der Waals surface area contributed by atoms with Crippen molar-refractivity contribution in [3.63, 3.8) is 0 Å². The minimum Gasteiger partial charge on any atom is -0.396 e. The molecule has 0 unspecified atom stereocenters. The molecular formula is C11H19NO2. The topological polar surface area (TPSA) is 40.5 Å². The third-order valence-corrected chi connectivity index (χ3v) is 3.73. The van der Waals surface area contributed by atoms with Crippen LogP contribution in [0.1, 0.15) is 32.6 Å². The molecule has 0 aromatic heterocycles. The van der Waals surface area contributed by atoms with Crippen molar-refractivity contribution in [3.05, 3.63) is 0 Å². The summed E-state index contributed by atoms with van der Waals surface area (Å²) in [6.45, 7) is 3.85. The molecule has 1 saturated heterocycles. The Morgan fingerprint density at radius 1 is 1.43 bits per heavy atom. The standard InChI is InChI=1S/C11H19NO2/c1-11(4-2-3-5-11)10(14)12-6-9(7-12)8-13/h9,13H,2-8H2,1H3. The zero-order valence-electron chi connectivity index (χ0n) is 8.83. The largest absolute Gasteiger partial charge is 0.396 e. The zero-order chi connectivity index (χ0) is 10.2. The Bertz CT molecular complexity index is 227. The van der Waals surface area contributed by atoms with Crippen molar-refractivity contribution in [2.45, 2.75) is 32.6 Å². The maximum absolute atomic E-state index is 12.1. The van der Waals surface area contributed by atoms with Crippen molar-refractivity contribution in [2.24, 2.45) is 11.3 Å². The minimum atomic E-state index is -0.0829. The van der Waals surface area contributed by atoms with Gasteiger partial charge in [-0.1, -0.05) is 19.8 Å². The summed E-state index contributed by atoms with van der Waals surface area (Å²) in [6.07, 6.45) is 4.48. The van der Waals surface area contributed by atoms with Gasteiger partial charge in [0, 0.05) is 31.0 Å². The van der Waals surface area contributed by atoms with Crippen LogP contribution in [0.4, 0.5) is 0 Å². The predicted octanol–water partition coefficient (Wildman–Crippen LogP) is 1.02. The maximum atomic E-state index is 12.1. The van der Waals surface area contributed by atoms with Crippen LogP contribution in [0.25, 0.3) is 0 Å². The van der Waals surface area contributed by atoms with Gasteiger partial charge in [-0.3, -0.25) is 4.79 Å². The number of carbonyl (C=O) groups excluding carboxylic acids is 1. The van der Waals surface area contributed by atoms with E-state index in [1.165, 1.54) is 12.8 Å². The number of carbonyl (C=O) groups is 1. The molecule has 80 valence electrons. The highest BCUT2D eigenvalue weighted by atomic mass is 16.3. The van der Waals surface area contributed by atoms with Crippen molar-refractivity contribution in [2.75, 3.05) is 19.7 Å². The van der Waals surface area contributed by atoms with Crippen LogP contribution in [-0.2, 0) is 4.79 Å². The summed E-state index contributed by atoms with van der Waals surface area (Å²) in [5, 5.41) is 8.88. The molecule has 1 aliphatic heterocycles. The fourth-order valence-corrected chi connectivity index (χ4v) is 2.60. The first-order valence-electron chi connectivity index (χ1n) is 5.56. The summed E-state index contributed by atoms with van der Waals surface area (Å²) in [5.41, 5.74) is -0.0829. The molecule has 14 heavy (non-hydrogen) atoms. The number of aliphatic hydroxyl groups excluding tert-OH is 1. The highest BCUT2D eigenvalue weighted by molar-refractivity contribution is 5.83. The summed E-state index contributed by atoms with van der Waals surface area (Å²) in [4.78, 5) is 14.0. The van der Waals surface area contributed by atoms with Crippen LogP contribution < -0.4 is 0 Å². The van der Waals surface area contributed by atoms with Crippen molar-refractivity contribution in [1.82, 2.24) is 4.90 Å². The van der Waals surface area contributed by atoms with E-state index in [9.17, 15) is 4.79 Å². The lowest BCUT2D eigenvalue weighted by atomic mass is 9.85. The smallest absolute Gasteiger partial charge is 0.228 e. The Balaban J connectivity index is 1.90. The summed E-state index contributed by atoms with van der Waals surface area (Å²) >= 11 is 0. The first-order chi connectivity index (χ1) is 6.65. The minimum absolute atomic E-state index is 0.0829. The molecule has 1 saturated carbocycles. The van der Waals surface area contributed by atoms with Crippen molar-refractivity contribution in [1.29, 1.82) is 0 Å². The number of amides is 1. The van der Waals surface area contributed by atoms with Crippen LogP contribution >= 0.6 is 0 Å². The molecule has 2 fully saturated rings. The quantitative estimate of drug-likeness (QED) is 0.718. The molecule has 1 heterocycles. The summed E-state index contributed by atoms with van der Waals surface area (Å²) < 4.78 is 0. The van der Waals surface area contributed by atoms with Crippen molar-refractivity contribution in [3.8, 4) is 0 Å². The molecule has 2 aliphatic rings. The van der Waals surface area contributed by atoms with Gasteiger partial charge in [-0.2, -0.15) is 0 Å². The fraction of sp³-hybridized carbons (Fsp3) is 0.909. The normalized spacial score (nSPS) is 26.3. The molecule has 3 nitrogen and oxygen atoms in total. The lowest BCUT2D eigenvalue weighted by Gasteiger charge is -2.42. The fourth-order valence-electron chi connectivity index (χ4n) is 2.60. The Kier molecular flexibility index (Phi) is 2.52. The summed E-state index contributed by atoms with van der Waals surface area (Å²) in [6, 6.07) is 0. The molecule has 0 aromatic rings. The van der Waals surface area contributed by atoms with Crippen LogP contribution in [0.2, 0.25) is 0 Å². The molecule has 1 N–H and O–H groups in total. The molecule has 0 aromatic carbocycles. The lowest BCUT2D eigenvalue weighted by molar-refractivity contribution is -0.148. The van der Waals surface area contributed by atoms with Crippen LogP contribution in [-0.4, -0.2) is 35.6 Å². The van der Waals surface area contributed by atoms with E-state index in [-0.39, 0.29) is 12.0 Å². The van der Waals surface area contributed by atoms with E-state index in [4.69, 9.17) is 5.11 Å². The zero-order valence-corrected chi connectivity index (χ0v) is 8.83. The number of hydrogen-bond acceptors (Lipinski definition) is 2. The van der Waals surface area contributed by atoms with E-state index < -0.39 is 0 Å². The molecule has 3 heteroatoms. The summed E-state index contributed by atoms with van der Waals surface area (Å²) in [5.74, 6) is 0.656. The third kappa shape index (κ3) is 1.54.